The van der Waals surface area contributed by atoms with Crippen molar-refractivity contribution >= 4 is 29.4 Å². The standard InChI is InChI=1S/C9H11N3O2S2/c1-5-2-6(11-14-5)9(13)10-12-7-3-15-8(12)4-16-7/h2,7-8H,3-4H2,1H3,(H,10,13). The van der Waals surface area contributed by atoms with Gasteiger partial charge in [-0.3, -0.25) is 10.2 Å². The Labute approximate surface area is 101 Å². The lowest BCUT2D eigenvalue weighted by molar-refractivity contribution is 0.0788. The third kappa shape index (κ3) is 1.72. The number of amides is 1. The maximum absolute atomic E-state index is 11.8. The zero-order valence-corrected chi connectivity index (χ0v) is 10.3. The maximum Gasteiger partial charge on any atom is 0.287 e. The summed E-state index contributed by atoms with van der Waals surface area (Å²) in [4.78, 5) is 11.8. The van der Waals surface area contributed by atoms with E-state index in [0.29, 0.717) is 22.2 Å². The average Bonchev–Trinajstić information content (AvgIpc) is 2.95. The fourth-order valence-corrected chi connectivity index (χ4v) is 4.92. The second-order valence-corrected chi connectivity index (χ2v) is 6.17. The van der Waals surface area contributed by atoms with Crippen molar-refractivity contribution in [2.45, 2.75) is 17.7 Å². The molecule has 86 valence electrons. The molecule has 0 saturated carbocycles. The number of hydrogen-bond donors (Lipinski definition) is 1. The van der Waals surface area contributed by atoms with Crippen LogP contribution in [0.2, 0.25) is 0 Å². The molecule has 2 atom stereocenters. The molecule has 1 aromatic heterocycles. The van der Waals surface area contributed by atoms with Crippen molar-refractivity contribution in [1.82, 2.24) is 15.6 Å². The van der Waals surface area contributed by atoms with E-state index >= 15 is 0 Å². The van der Waals surface area contributed by atoms with Gasteiger partial charge in [-0.15, -0.1) is 23.5 Å². The van der Waals surface area contributed by atoms with Crippen LogP contribution in [0.4, 0.5) is 0 Å². The van der Waals surface area contributed by atoms with Gasteiger partial charge >= 0.3 is 0 Å². The summed E-state index contributed by atoms with van der Waals surface area (Å²) in [5, 5.41) is 6.55. The van der Waals surface area contributed by atoms with Crippen molar-refractivity contribution in [3.05, 3.63) is 17.5 Å². The molecule has 0 radical (unpaired) electrons. The summed E-state index contributed by atoms with van der Waals surface area (Å²) in [5.74, 6) is 2.62. The summed E-state index contributed by atoms with van der Waals surface area (Å²) in [7, 11) is 0. The Balaban J connectivity index is 1.69. The second kappa shape index (κ2) is 3.97. The molecule has 2 saturated heterocycles. The van der Waals surface area contributed by atoms with Crippen LogP contribution >= 0.6 is 23.5 Å². The number of aromatic nitrogens is 1. The normalized spacial score (nSPS) is 28.6. The third-order valence-corrected chi connectivity index (χ3v) is 5.57. The number of nitrogens with zero attached hydrogens (tertiary/aromatic N) is 2. The molecule has 3 rings (SSSR count). The zero-order valence-electron chi connectivity index (χ0n) is 8.67. The first-order chi connectivity index (χ1) is 7.74. The molecule has 0 spiro atoms. The minimum atomic E-state index is -0.183. The molecule has 2 bridgehead atoms. The van der Waals surface area contributed by atoms with Crippen LogP contribution in [0.15, 0.2) is 10.6 Å². The van der Waals surface area contributed by atoms with Crippen LogP contribution in [0.3, 0.4) is 0 Å². The summed E-state index contributed by atoms with van der Waals surface area (Å²) < 4.78 is 4.88. The third-order valence-electron chi connectivity index (χ3n) is 2.57. The zero-order chi connectivity index (χ0) is 11.1. The van der Waals surface area contributed by atoms with Gasteiger partial charge in [0.05, 0.1) is 10.7 Å². The van der Waals surface area contributed by atoms with E-state index in [2.05, 4.69) is 10.6 Å². The van der Waals surface area contributed by atoms with Crippen molar-refractivity contribution in [3.63, 3.8) is 0 Å². The summed E-state index contributed by atoms with van der Waals surface area (Å²) in [6.45, 7) is 1.77. The van der Waals surface area contributed by atoms with Gasteiger partial charge in [0, 0.05) is 17.6 Å². The lowest BCUT2D eigenvalue weighted by Crippen LogP contribution is -2.45. The van der Waals surface area contributed by atoms with Gasteiger partial charge in [-0.25, -0.2) is 0 Å². The van der Waals surface area contributed by atoms with E-state index in [1.807, 2.05) is 28.5 Å². The topological polar surface area (TPSA) is 58.4 Å². The van der Waals surface area contributed by atoms with Crippen molar-refractivity contribution < 1.29 is 9.32 Å². The lowest BCUT2D eigenvalue weighted by atomic mass is 10.4. The van der Waals surface area contributed by atoms with Gasteiger partial charge in [0.2, 0.25) is 0 Å². The van der Waals surface area contributed by atoms with Crippen LogP contribution in [0.25, 0.3) is 0 Å². The molecule has 1 amide bonds. The Kier molecular flexibility index (Phi) is 2.61. The highest BCUT2D eigenvalue weighted by Crippen LogP contribution is 2.42. The maximum atomic E-state index is 11.8. The highest BCUT2D eigenvalue weighted by atomic mass is 32.2. The number of aryl methyl sites for hydroxylation is 1. The number of thioether (sulfide) groups is 2. The first-order valence-corrected chi connectivity index (χ1v) is 7.09. The van der Waals surface area contributed by atoms with Crippen molar-refractivity contribution in [3.8, 4) is 0 Å². The molecule has 0 aromatic carbocycles. The van der Waals surface area contributed by atoms with E-state index in [1.54, 1.807) is 13.0 Å². The van der Waals surface area contributed by atoms with Crippen molar-refractivity contribution in [2.24, 2.45) is 0 Å². The number of hydrogen-bond acceptors (Lipinski definition) is 6. The average molecular weight is 257 g/mol. The first-order valence-electron chi connectivity index (χ1n) is 5.00. The molecule has 1 aromatic rings. The minimum absolute atomic E-state index is 0.183. The molecule has 5 nitrogen and oxygen atoms in total. The van der Waals surface area contributed by atoms with E-state index in [4.69, 9.17) is 4.52 Å². The van der Waals surface area contributed by atoms with Crippen molar-refractivity contribution in [2.75, 3.05) is 11.5 Å². The molecule has 3 heterocycles. The molecule has 2 aliphatic rings. The van der Waals surface area contributed by atoms with Crippen LogP contribution in [-0.2, 0) is 0 Å². The number of hydrazine groups is 1. The molecule has 2 unspecified atom stereocenters. The van der Waals surface area contributed by atoms with Gasteiger partial charge in [-0.2, -0.15) is 5.01 Å². The number of nitrogens with one attached hydrogen (secondary N) is 1. The Morgan fingerprint density at radius 1 is 1.56 bits per heavy atom. The van der Waals surface area contributed by atoms with Gasteiger partial charge < -0.3 is 4.52 Å². The van der Waals surface area contributed by atoms with E-state index < -0.39 is 0 Å². The molecule has 2 fully saturated rings. The number of fused-ring (bicyclic) bond motifs is 2. The van der Waals surface area contributed by atoms with E-state index in [9.17, 15) is 4.79 Å². The molecule has 7 heteroatoms. The van der Waals surface area contributed by atoms with Crippen LogP contribution < -0.4 is 5.43 Å². The van der Waals surface area contributed by atoms with Gasteiger partial charge in [0.25, 0.3) is 5.91 Å². The highest BCUT2D eigenvalue weighted by Gasteiger charge is 2.42. The summed E-state index contributed by atoms with van der Waals surface area (Å²) >= 11 is 3.78. The SMILES string of the molecule is Cc1cc(C(=O)NN2C3CSC2CS3)no1. The fraction of sp³-hybridized carbons (Fsp3) is 0.556. The number of rotatable bonds is 2. The summed E-state index contributed by atoms with van der Waals surface area (Å²) in [6, 6.07) is 1.65. The predicted molar refractivity (Wildman–Crippen MR) is 63.0 cm³/mol. The Hall–Kier alpha value is -0.660. The van der Waals surface area contributed by atoms with Gasteiger partial charge in [-0.1, -0.05) is 5.16 Å². The second-order valence-electron chi connectivity index (χ2n) is 3.75. The Morgan fingerprint density at radius 3 is 2.75 bits per heavy atom. The smallest absolute Gasteiger partial charge is 0.287 e. The number of carbonyl (C=O) groups is 1. The van der Waals surface area contributed by atoms with Crippen LogP contribution in [0.5, 0.6) is 0 Å². The summed E-state index contributed by atoms with van der Waals surface area (Å²) in [5.41, 5.74) is 3.25. The first kappa shape index (κ1) is 10.5. The molecule has 16 heavy (non-hydrogen) atoms. The fourth-order valence-electron chi connectivity index (χ4n) is 1.78. The Bertz CT molecular complexity index is 403. The van der Waals surface area contributed by atoms with E-state index in [-0.39, 0.29) is 5.91 Å². The predicted octanol–water partition coefficient (Wildman–Crippen LogP) is 1.08. The van der Waals surface area contributed by atoms with Gasteiger partial charge in [0.15, 0.2) is 5.69 Å². The lowest BCUT2D eigenvalue weighted by Gasteiger charge is -2.19. The summed E-state index contributed by atoms with van der Waals surface area (Å²) in [6.07, 6.45) is 0. The molecule has 1 N–H and O–H groups in total. The van der Waals surface area contributed by atoms with Gasteiger partial charge in [-0.05, 0) is 6.92 Å². The molecular formula is C9H11N3O2S2. The highest BCUT2D eigenvalue weighted by molar-refractivity contribution is 8.07. The molecule has 2 aliphatic heterocycles. The Morgan fingerprint density at radius 2 is 2.25 bits per heavy atom. The van der Waals surface area contributed by atoms with Crippen molar-refractivity contribution in [1.29, 1.82) is 0 Å². The van der Waals surface area contributed by atoms with Crippen LogP contribution in [-0.4, -0.2) is 38.3 Å². The quantitative estimate of drug-likeness (QED) is 0.855. The largest absolute Gasteiger partial charge is 0.361 e. The number of carbonyl (C=O) groups excluding carboxylic acids is 1. The van der Waals surface area contributed by atoms with Gasteiger partial charge in [0.1, 0.15) is 5.76 Å². The van der Waals surface area contributed by atoms with Crippen LogP contribution in [0.1, 0.15) is 16.2 Å². The van der Waals surface area contributed by atoms with E-state index in [0.717, 1.165) is 11.5 Å². The molecular weight excluding hydrogens is 246 g/mol. The van der Waals surface area contributed by atoms with E-state index in [1.165, 1.54) is 0 Å². The minimum Gasteiger partial charge on any atom is -0.361 e. The molecule has 0 aliphatic carbocycles. The van der Waals surface area contributed by atoms with Crippen LogP contribution in [0, 0.1) is 6.92 Å². The monoisotopic (exact) mass is 257 g/mol.